The Morgan fingerprint density at radius 3 is 1.77 bits per heavy atom. The van der Waals surface area contributed by atoms with E-state index in [0.29, 0.717) is 30.7 Å². The minimum absolute atomic E-state index is 0.0677. The normalized spacial score (nSPS) is 15.4. The van der Waals surface area contributed by atoms with Crippen molar-refractivity contribution >= 4 is 0 Å². The predicted octanol–water partition coefficient (Wildman–Crippen LogP) is 8.02. The maximum Gasteiger partial charge on any atom is 0.213 e. The van der Waals surface area contributed by atoms with Crippen molar-refractivity contribution < 1.29 is 9.84 Å². The molecule has 0 aliphatic rings. The van der Waals surface area contributed by atoms with Crippen molar-refractivity contribution in [3.05, 3.63) is 52.5 Å². The zero-order chi connectivity index (χ0) is 26.8. The second kappa shape index (κ2) is 11.0. The highest BCUT2D eigenvalue weighted by molar-refractivity contribution is 5.32. The van der Waals surface area contributed by atoms with Crippen LogP contribution in [-0.2, 0) is 16.4 Å². The van der Waals surface area contributed by atoms with E-state index in [1.54, 1.807) is 0 Å². The molecule has 0 amide bonds. The van der Waals surface area contributed by atoms with Gasteiger partial charge in [0.05, 0.1) is 18.0 Å². The van der Waals surface area contributed by atoms with Crippen LogP contribution in [-0.4, -0.2) is 21.7 Å². The van der Waals surface area contributed by atoms with E-state index in [9.17, 15) is 5.11 Å². The summed E-state index contributed by atoms with van der Waals surface area (Å²) in [5.74, 6) is 1.77. The molecular weight excluding hydrogens is 432 g/mol. The molecular formula is C31H50N2O2. The zero-order valence-electron chi connectivity index (χ0n) is 24.4. The first-order valence-corrected chi connectivity index (χ1v) is 13.3. The minimum atomic E-state index is -1.00. The number of nitrogens with zero attached hydrogens (tertiary/aromatic N) is 2. The van der Waals surface area contributed by atoms with Crippen molar-refractivity contribution in [2.45, 2.75) is 124 Å². The minimum Gasteiger partial charge on any atom is -0.477 e. The Hall–Kier alpha value is -1.94. The van der Waals surface area contributed by atoms with Crippen LogP contribution < -0.4 is 4.74 Å². The lowest BCUT2D eigenvalue weighted by molar-refractivity contribution is 0.0390. The third kappa shape index (κ3) is 8.31. The smallest absolute Gasteiger partial charge is 0.213 e. The Kier molecular flexibility index (Phi) is 9.19. The third-order valence-electron chi connectivity index (χ3n) is 6.62. The molecule has 0 bridgehead atoms. The maximum atomic E-state index is 11.6. The molecule has 0 saturated carbocycles. The van der Waals surface area contributed by atoms with Gasteiger partial charge in [-0.15, -0.1) is 0 Å². The summed E-state index contributed by atoms with van der Waals surface area (Å²) < 4.78 is 6.02. The first-order chi connectivity index (χ1) is 15.9. The molecule has 4 nitrogen and oxygen atoms in total. The van der Waals surface area contributed by atoms with E-state index < -0.39 is 5.60 Å². The van der Waals surface area contributed by atoms with Gasteiger partial charge in [-0.2, -0.15) is 0 Å². The van der Waals surface area contributed by atoms with Crippen LogP contribution in [0, 0.1) is 5.92 Å². The van der Waals surface area contributed by atoms with Gasteiger partial charge in [0, 0.05) is 22.6 Å². The molecule has 2 atom stereocenters. The Balaban J connectivity index is 2.31. The first-order valence-electron chi connectivity index (χ1n) is 13.3. The van der Waals surface area contributed by atoms with E-state index in [0.717, 1.165) is 23.5 Å². The van der Waals surface area contributed by atoms with Gasteiger partial charge in [-0.05, 0) is 66.8 Å². The van der Waals surface area contributed by atoms with E-state index >= 15 is 0 Å². The van der Waals surface area contributed by atoms with Crippen LogP contribution in [0.5, 0.6) is 5.88 Å². The molecule has 0 aliphatic carbocycles. The number of ether oxygens (including phenoxy) is 1. The summed E-state index contributed by atoms with van der Waals surface area (Å²) in [5.41, 5.74) is 4.12. The van der Waals surface area contributed by atoms with Gasteiger partial charge in [-0.3, -0.25) is 4.98 Å². The molecule has 2 heterocycles. The highest BCUT2D eigenvalue weighted by Crippen LogP contribution is 2.35. The van der Waals surface area contributed by atoms with Gasteiger partial charge < -0.3 is 9.84 Å². The Morgan fingerprint density at radius 2 is 1.26 bits per heavy atom. The van der Waals surface area contributed by atoms with E-state index in [-0.39, 0.29) is 16.7 Å². The standard InChI is InChI=1S/C31H50N2O2/c1-20(2)19-35-28-18-24(17-26(33-28)30(9,10)11)22(5)13-14-31(12,34)27-16-23(21(3)4)15-25(32-27)29(6,7)8/h15-18,20-22,34H,13-14,19H2,1-12H3. The molecule has 2 unspecified atom stereocenters. The van der Waals surface area contributed by atoms with Crippen LogP contribution in [0.25, 0.3) is 0 Å². The molecule has 0 fully saturated rings. The quantitative estimate of drug-likeness (QED) is 0.393. The molecule has 0 spiro atoms. The third-order valence-corrected chi connectivity index (χ3v) is 6.62. The number of rotatable bonds is 9. The Bertz CT molecular complexity index is 978. The van der Waals surface area contributed by atoms with Crippen LogP contribution in [0.3, 0.4) is 0 Å². The lowest BCUT2D eigenvalue weighted by atomic mass is 9.84. The van der Waals surface area contributed by atoms with Crippen molar-refractivity contribution in [1.82, 2.24) is 9.97 Å². The summed E-state index contributed by atoms with van der Waals surface area (Å²) in [6, 6.07) is 8.56. The van der Waals surface area contributed by atoms with Crippen molar-refractivity contribution in [2.24, 2.45) is 5.92 Å². The highest BCUT2D eigenvalue weighted by Gasteiger charge is 2.29. The summed E-state index contributed by atoms with van der Waals surface area (Å²) >= 11 is 0. The van der Waals surface area contributed by atoms with Gasteiger partial charge in [0.2, 0.25) is 5.88 Å². The number of pyridine rings is 2. The van der Waals surface area contributed by atoms with Crippen LogP contribution in [0.2, 0.25) is 0 Å². The second-order valence-electron chi connectivity index (χ2n) is 13.4. The van der Waals surface area contributed by atoms with Gasteiger partial charge in [0.1, 0.15) is 5.60 Å². The summed E-state index contributed by atoms with van der Waals surface area (Å²) in [7, 11) is 0. The van der Waals surface area contributed by atoms with Gasteiger partial charge in [-0.1, -0.05) is 76.2 Å². The van der Waals surface area contributed by atoms with E-state index in [2.05, 4.69) is 100 Å². The first kappa shape index (κ1) is 29.3. The van der Waals surface area contributed by atoms with Gasteiger partial charge in [0.15, 0.2) is 0 Å². The molecule has 2 rings (SSSR count). The molecule has 196 valence electrons. The SMILES string of the molecule is CC(C)COc1cc(C(C)CCC(C)(O)c2cc(C(C)C)cc(C(C)(C)C)n2)cc(C(C)(C)C)n1. The van der Waals surface area contributed by atoms with Crippen molar-refractivity contribution in [2.75, 3.05) is 6.61 Å². The largest absolute Gasteiger partial charge is 0.477 e. The molecule has 2 aromatic heterocycles. The molecule has 2 aromatic rings. The number of aromatic nitrogens is 2. The Morgan fingerprint density at radius 1 is 0.743 bits per heavy atom. The number of hydrogen-bond donors (Lipinski definition) is 1. The van der Waals surface area contributed by atoms with Crippen molar-refractivity contribution in [3.63, 3.8) is 0 Å². The zero-order valence-corrected chi connectivity index (χ0v) is 24.4. The molecule has 0 radical (unpaired) electrons. The van der Waals surface area contributed by atoms with E-state index in [1.807, 2.05) is 6.92 Å². The monoisotopic (exact) mass is 482 g/mol. The highest BCUT2D eigenvalue weighted by atomic mass is 16.5. The van der Waals surface area contributed by atoms with Gasteiger partial charge in [0.25, 0.3) is 0 Å². The average molecular weight is 483 g/mol. The fourth-order valence-electron chi connectivity index (χ4n) is 3.86. The molecule has 0 aromatic carbocycles. The maximum absolute atomic E-state index is 11.6. The van der Waals surface area contributed by atoms with Crippen LogP contribution in [0.15, 0.2) is 24.3 Å². The Labute approximate surface area is 214 Å². The van der Waals surface area contributed by atoms with Crippen LogP contribution in [0.4, 0.5) is 0 Å². The summed E-state index contributed by atoms with van der Waals surface area (Å²) in [6.45, 7) is 26.5. The lowest BCUT2D eigenvalue weighted by Crippen LogP contribution is -2.26. The average Bonchev–Trinajstić information content (AvgIpc) is 2.74. The summed E-state index contributed by atoms with van der Waals surface area (Å²) in [4.78, 5) is 9.72. The molecule has 35 heavy (non-hydrogen) atoms. The second-order valence-corrected chi connectivity index (χ2v) is 13.4. The van der Waals surface area contributed by atoms with Crippen LogP contribution in [0.1, 0.15) is 136 Å². The van der Waals surface area contributed by atoms with Crippen molar-refractivity contribution in [3.8, 4) is 5.88 Å². The summed E-state index contributed by atoms with van der Waals surface area (Å²) in [6.07, 6.45) is 1.46. The summed E-state index contributed by atoms with van der Waals surface area (Å²) in [5, 5.41) is 11.6. The molecule has 0 saturated heterocycles. The molecule has 1 N–H and O–H groups in total. The van der Waals surface area contributed by atoms with Crippen molar-refractivity contribution in [1.29, 1.82) is 0 Å². The fraction of sp³-hybridized carbons (Fsp3) is 0.677. The van der Waals surface area contributed by atoms with E-state index in [1.165, 1.54) is 11.1 Å². The van der Waals surface area contributed by atoms with Crippen LogP contribution >= 0.6 is 0 Å². The number of aliphatic hydroxyl groups is 1. The topological polar surface area (TPSA) is 55.2 Å². The predicted molar refractivity (Wildman–Crippen MR) is 148 cm³/mol. The lowest BCUT2D eigenvalue weighted by Gasteiger charge is -2.29. The van der Waals surface area contributed by atoms with Gasteiger partial charge in [-0.25, -0.2) is 4.98 Å². The van der Waals surface area contributed by atoms with E-state index in [4.69, 9.17) is 14.7 Å². The molecule has 4 heteroatoms. The van der Waals surface area contributed by atoms with Gasteiger partial charge >= 0.3 is 0 Å². The fourth-order valence-corrected chi connectivity index (χ4v) is 3.86. The number of hydrogen-bond acceptors (Lipinski definition) is 4. The molecule has 0 aliphatic heterocycles.